The van der Waals surface area contributed by atoms with Gasteiger partial charge in [0.1, 0.15) is 12.6 Å². The summed E-state index contributed by atoms with van der Waals surface area (Å²) in [6, 6.07) is 22.3. The number of amides is 2. The fourth-order valence-corrected chi connectivity index (χ4v) is 4.47. The third kappa shape index (κ3) is 5.19. The molecule has 0 saturated carbocycles. The number of carboxylic acid groups (broad SMARTS) is 1. The lowest BCUT2D eigenvalue weighted by Crippen LogP contribution is -2.51. The number of nitrogens with one attached hydrogen (secondary N) is 2. The van der Waals surface area contributed by atoms with Crippen LogP contribution in [0, 0.1) is 5.92 Å². The van der Waals surface area contributed by atoms with Crippen molar-refractivity contribution in [2.75, 3.05) is 6.61 Å². The van der Waals surface area contributed by atoms with E-state index in [0.717, 1.165) is 22.3 Å². The van der Waals surface area contributed by atoms with Gasteiger partial charge in [-0.25, -0.2) is 9.59 Å². The van der Waals surface area contributed by atoms with Crippen LogP contribution in [-0.4, -0.2) is 35.7 Å². The van der Waals surface area contributed by atoms with Gasteiger partial charge in [0.2, 0.25) is 5.91 Å². The number of carbonyl (C=O) groups excluding carboxylic acids is 2. The van der Waals surface area contributed by atoms with E-state index < -0.39 is 30.1 Å². The van der Waals surface area contributed by atoms with Crippen LogP contribution in [0.5, 0.6) is 0 Å². The molecule has 2 atom stereocenters. The Morgan fingerprint density at radius 2 is 1.37 bits per heavy atom. The van der Waals surface area contributed by atoms with Gasteiger partial charge in [0.25, 0.3) is 0 Å². The SMILES string of the molecule is CC(C)[C@H](NC(=O)OCC1c2ccccc2-c2ccccc21)C(=O)N[C@@H](C(=O)O)c1ccccc1. The van der Waals surface area contributed by atoms with E-state index >= 15 is 0 Å². The quantitative estimate of drug-likeness (QED) is 0.448. The molecule has 3 N–H and O–H groups in total. The van der Waals surface area contributed by atoms with Gasteiger partial charge in [0.15, 0.2) is 6.04 Å². The number of hydrogen-bond donors (Lipinski definition) is 3. The molecular formula is C28H28N2O5. The van der Waals surface area contributed by atoms with Gasteiger partial charge in [0, 0.05) is 5.92 Å². The monoisotopic (exact) mass is 472 g/mol. The van der Waals surface area contributed by atoms with Gasteiger partial charge < -0.3 is 20.5 Å². The summed E-state index contributed by atoms with van der Waals surface area (Å²) in [6.07, 6.45) is -0.729. The average molecular weight is 473 g/mol. The van der Waals surface area contributed by atoms with Crippen LogP contribution < -0.4 is 10.6 Å². The molecule has 3 aromatic carbocycles. The Morgan fingerprint density at radius 1 is 0.829 bits per heavy atom. The number of aliphatic carboxylic acids is 1. The van der Waals surface area contributed by atoms with Crippen LogP contribution in [0.25, 0.3) is 11.1 Å². The standard InChI is InChI=1S/C28H28N2O5/c1-17(2)24(26(31)29-25(27(32)33)18-10-4-3-5-11-18)30-28(34)35-16-23-21-14-8-6-12-19(21)20-13-7-9-15-22(20)23/h3-15,17,23-25H,16H2,1-2H3,(H,29,31)(H,30,34)(H,32,33)/t24-,25+/m0/s1. The molecular weight excluding hydrogens is 444 g/mol. The van der Waals surface area contributed by atoms with E-state index in [1.54, 1.807) is 44.2 Å². The summed E-state index contributed by atoms with van der Waals surface area (Å²) in [6.45, 7) is 3.66. The van der Waals surface area contributed by atoms with Gasteiger partial charge in [-0.15, -0.1) is 0 Å². The predicted octanol–water partition coefficient (Wildman–Crippen LogP) is 4.49. The minimum Gasteiger partial charge on any atom is -0.479 e. The van der Waals surface area contributed by atoms with Crippen molar-refractivity contribution < 1.29 is 24.2 Å². The second kappa shape index (κ2) is 10.4. The molecule has 0 aliphatic heterocycles. The van der Waals surface area contributed by atoms with E-state index in [4.69, 9.17) is 4.74 Å². The molecule has 1 aliphatic rings. The number of alkyl carbamates (subject to hydrolysis) is 1. The molecule has 0 spiro atoms. The van der Waals surface area contributed by atoms with Crippen molar-refractivity contribution in [3.63, 3.8) is 0 Å². The average Bonchev–Trinajstić information content (AvgIpc) is 3.18. The molecule has 0 saturated heterocycles. The molecule has 35 heavy (non-hydrogen) atoms. The number of ether oxygens (including phenoxy) is 1. The predicted molar refractivity (Wildman–Crippen MR) is 132 cm³/mol. The first-order valence-corrected chi connectivity index (χ1v) is 11.6. The Hall–Kier alpha value is -4.13. The number of carbonyl (C=O) groups is 3. The van der Waals surface area contributed by atoms with Crippen molar-refractivity contribution in [3.05, 3.63) is 95.6 Å². The zero-order valence-electron chi connectivity index (χ0n) is 19.6. The van der Waals surface area contributed by atoms with Crippen LogP contribution in [0.2, 0.25) is 0 Å². The maximum absolute atomic E-state index is 13.0. The lowest BCUT2D eigenvalue weighted by molar-refractivity contribution is -0.142. The second-order valence-corrected chi connectivity index (χ2v) is 8.88. The summed E-state index contributed by atoms with van der Waals surface area (Å²) in [4.78, 5) is 37.4. The molecule has 0 unspecified atom stereocenters. The highest BCUT2D eigenvalue weighted by Gasteiger charge is 2.32. The highest BCUT2D eigenvalue weighted by Crippen LogP contribution is 2.44. The minimum atomic E-state index is -1.23. The normalized spacial score (nSPS) is 13.9. The lowest BCUT2D eigenvalue weighted by atomic mass is 9.98. The van der Waals surface area contributed by atoms with E-state index in [1.165, 1.54) is 0 Å². The van der Waals surface area contributed by atoms with Crippen molar-refractivity contribution in [1.82, 2.24) is 10.6 Å². The summed E-state index contributed by atoms with van der Waals surface area (Å²) in [7, 11) is 0. The Morgan fingerprint density at radius 3 is 1.91 bits per heavy atom. The number of hydrogen-bond acceptors (Lipinski definition) is 4. The first kappa shape index (κ1) is 24.0. The van der Waals surface area contributed by atoms with Gasteiger partial charge in [-0.3, -0.25) is 4.79 Å². The largest absolute Gasteiger partial charge is 0.479 e. The van der Waals surface area contributed by atoms with Crippen molar-refractivity contribution in [2.24, 2.45) is 5.92 Å². The lowest BCUT2D eigenvalue weighted by Gasteiger charge is -2.24. The van der Waals surface area contributed by atoms with Gasteiger partial charge >= 0.3 is 12.1 Å². The first-order valence-electron chi connectivity index (χ1n) is 11.6. The minimum absolute atomic E-state index is 0.103. The number of fused-ring (bicyclic) bond motifs is 3. The van der Waals surface area contributed by atoms with Gasteiger partial charge in [-0.1, -0.05) is 92.7 Å². The van der Waals surface area contributed by atoms with Crippen LogP contribution in [0.15, 0.2) is 78.9 Å². The summed E-state index contributed by atoms with van der Waals surface area (Å²) in [5.74, 6) is -2.17. The fourth-order valence-electron chi connectivity index (χ4n) is 4.47. The van der Waals surface area contributed by atoms with Crippen LogP contribution in [0.1, 0.15) is 42.5 Å². The summed E-state index contributed by atoms with van der Waals surface area (Å²) in [5, 5.41) is 14.8. The number of rotatable bonds is 8. The van der Waals surface area contributed by atoms with Gasteiger partial charge in [0.05, 0.1) is 0 Å². The van der Waals surface area contributed by atoms with Crippen LogP contribution >= 0.6 is 0 Å². The molecule has 2 amide bonds. The van der Waals surface area contributed by atoms with E-state index in [1.807, 2.05) is 36.4 Å². The van der Waals surface area contributed by atoms with Gasteiger partial charge in [-0.05, 0) is 33.7 Å². The summed E-state index contributed by atoms with van der Waals surface area (Å²) in [5.41, 5.74) is 4.87. The van der Waals surface area contributed by atoms with E-state index in [-0.39, 0.29) is 18.4 Å². The van der Waals surface area contributed by atoms with Crippen LogP contribution in [-0.2, 0) is 14.3 Å². The molecule has 7 nitrogen and oxygen atoms in total. The number of carboxylic acids is 1. The van der Waals surface area contributed by atoms with Crippen LogP contribution in [0.3, 0.4) is 0 Å². The smallest absolute Gasteiger partial charge is 0.407 e. The maximum Gasteiger partial charge on any atom is 0.407 e. The molecule has 4 rings (SSSR count). The Balaban J connectivity index is 1.42. The highest BCUT2D eigenvalue weighted by atomic mass is 16.5. The Bertz CT molecular complexity index is 1180. The summed E-state index contributed by atoms with van der Waals surface area (Å²) >= 11 is 0. The molecule has 0 heterocycles. The number of benzene rings is 3. The fraction of sp³-hybridized carbons (Fsp3) is 0.250. The third-order valence-electron chi connectivity index (χ3n) is 6.23. The van der Waals surface area contributed by atoms with Crippen molar-refractivity contribution in [3.8, 4) is 11.1 Å². The molecule has 3 aromatic rings. The van der Waals surface area contributed by atoms with Gasteiger partial charge in [-0.2, -0.15) is 0 Å². The van der Waals surface area contributed by atoms with E-state index in [0.29, 0.717) is 5.56 Å². The molecule has 0 radical (unpaired) electrons. The van der Waals surface area contributed by atoms with E-state index in [2.05, 4.69) is 22.8 Å². The zero-order chi connectivity index (χ0) is 24.9. The molecule has 1 aliphatic carbocycles. The van der Waals surface area contributed by atoms with Crippen LogP contribution in [0.4, 0.5) is 4.79 Å². The summed E-state index contributed by atoms with van der Waals surface area (Å²) < 4.78 is 5.56. The molecule has 7 heteroatoms. The molecule has 0 aromatic heterocycles. The van der Waals surface area contributed by atoms with E-state index in [9.17, 15) is 19.5 Å². The topological polar surface area (TPSA) is 105 Å². The molecule has 0 fully saturated rings. The second-order valence-electron chi connectivity index (χ2n) is 8.88. The Labute approximate surface area is 204 Å². The molecule has 180 valence electrons. The third-order valence-corrected chi connectivity index (χ3v) is 6.23. The highest BCUT2D eigenvalue weighted by molar-refractivity contribution is 5.90. The molecule has 0 bridgehead atoms. The first-order chi connectivity index (χ1) is 16.9. The maximum atomic E-state index is 13.0. The van der Waals surface area contributed by atoms with Crippen molar-refractivity contribution >= 4 is 18.0 Å². The van der Waals surface area contributed by atoms with Crippen molar-refractivity contribution in [2.45, 2.75) is 31.8 Å². The van der Waals surface area contributed by atoms with Crippen molar-refractivity contribution in [1.29, 1.82) is 0 Å². The Kier molecular flexibility index (Phi) is 7.15. The zero-order valence-corrected chi connectivity index (χ0v) is 19.6.